The van der Waals surface area contributed by atoms with Gasteiger partial charge in [0, 0.05) is 23.6 Å². The molecule has 0 spiro atoms. The molecule has 0 saturated heterocycles. The minimum atomic E-state index is -0.979. The van der Waals surface area contributed by atoms with Crippen molar-refractivity contribution in [2.24, 2.45) is 0 Å². The summed E-state index contributed by atoms with van der Waals surface area (Å²) in [4.78, 5) is 33.5. The first-order valence-corrected chi connectivity index (χ1v) is 11.9. The van der Waals surface area contributed by atoms with Crippen molar-refractivity contribution in [2.45, 2.75) is 33.0 Å². The van der Waals surface area contributed by atoms with Gasteiger partial charge in [0.25, 0.3) is 0 Å². The molecule has 1 N–H and O–H groups in total. The summed E-state index contributed by atoms with van der Waals surface area (Å²) in [6.45, 7) is 4.06. The Kier molecular flexibility index (Phi) is 6.76. The van der Waals surface area contributed by atoms with E-state index in [2.05, 4.69) is 20.6 Å². The maximum absolute atomic E-state index is 14.0. The summed E-state index contributed by atoms with van der Waals surface area (Å²) in [6, 6.07) is 19.2. The maximum Gasteiger partial charge on any atom is 0.249 e. The second-order valence-electron chi connectivity index (χ2n) is 8.75. The summed E-state index contributed by atoms with van der Waals surface area (Å²) < 4.78 is 6.92. The van der Waals surface area contributed by atoms with Crippen molar-refractivity contribution in [3.63, 3.8) is 0 Å². The van der Waals surface area contributed by atoms with Crippen LogP contribution in [-0.2, 0) is 22.7 Å². The monoisotopic (exact) mass is 494 g/mol. The Hall–Kier alpha value is -4.79. The number of rotatable bonds is 8. The predicted octanol–water partition coefficient (Wildman–Crippen LogP) is 4.13. The van der Waals surface area contributed by atoms with E-state index in [1.165, 1.54) is 4.90 Å². The SMILES string of the molecule is Cc1ccc(N(C(=O)Cn2nnc3ccccc32)[C@@H](C(=O)NCc2ccco2)c2cccnc2)cc1C. The van der Waals surface area contributed by atoms with Gasteiger partial charge < -0.3 is 9.73 Å². The molecule has 0 bridgehead atoms. The molecule has 37 heavy (non-hydrogen) atoms. The molecule has 0 unspecified atom stereocenters. The normalized spacial score (nSPS) is 11.8. The Balaban J connectivity index is 1.56. The molecule has 3 heterocycles. The maximum atomic E-state index is 14.0. The highest BCUT2D eigenvalue weighted by molar-refractivity contribution is 6.01. The van der Waals surface area contributed by atoms with Crippen LogP contribution in [0, 0.1) is 13.8 Å². The Morgan fingerprint density at radius 1 is 1.03 bits per heavy atom. The summed E-state index contributed by atoms with van der Waals surface area (Å²) in [5.41, 5.74) is 4.68. The van der Waals surface area contributed by atoms with Crippen LogP contribution < -0.4 is 10.2 Å². The Labute approximate surface area is 213 Å². The fourth-order valence-corrected chi connectivity index (χ4v) is 4.19. The van der Waals surface area contributed by atoms with Gasteiger partial charge in [-0.05, 0) is 67.4 Å². The van der Waals surface area contributed by atoms with Crippen molar-refractivity contribution in [1.82, 2.24) is 25.3 Å². The highest BCUT2D eigenvalue weighted by Crippen LogP contribution is 2.30. The van der Waals surface area contributed by atoms with E-state index in [1.54, 1.807) is 47.6 Å². The lowest BCUT2D eigenvalue weighted by molar-refractivity contribution is -0.127. The standard InChI is InChI=1S/C28H26N6O3/c1-19-11-12-22(15-20(19)2)34(26(35)18-33-25-10-4-3-9-24(25)31-32-33)27(21-7-5-13-29-16-21)28(36)30-17-23-8-6-14-37-23/h3-16,27H,17-18H2,1-2H3,(H,30,36)/t27-/m1/s1. The highest BCUT2D eigenvalue weighted by atomic mass is 16.3. The molecule has 0 saturated carbocycles. The minimum absolute atomic E-state index is 0.102. The topological polar surface area (TPSA) is 106 Å². The molecule has 9 heteroatoms. The van der Waals surface area contributed by atoms with Crippen LogP contribution in [0.15, 0.2) is 89.8 Å². The van der Waals surface area contributed by atoms with Crippen molar-refractivity contribution in [1.29, 1.82) is 0 Å². The number of anilines is 1. The number of nitrogens with zero attached hydrogens (tertiary/aromatic N) is 5. The third-order valence-electron chi connectivity index (χ3n) is 6.27. The lowest BCUT2D eigenvalue weighted by Crippen LogP contribution is -2.45. The Morgan fingerprint density at radius 3 is 2.65 bits per heavy atom. The number of fused-ring (bicyclic) bond motifs is 1. The zero-order valence-electron chi connectivity index (χ0n) is 20.5. The molecule has 5 rings (SSSR count). The van der Waals surface area contributed by atoms with Crippen molar-refractivity contribution in [3.8, 4) is 0 Å². The molecule has 2 aromatic carbocycles. The fraction of sp³-hybridized carbons (Fsp3) is 0.179. The smallest absolute Gasteiger partial charge is 0.249 e. The van der Waals surface area contributed by atoms with Gasteiger partial charge >= 0.3 is 0 Å². The molecular weight excluding hydrogens is 468 g/mol. The molecular formula is C28H26N6O3. The van der Waals surface area contributed by atoms with Crippen LogP contribution in [0.25, 0.3) is 11.0 Å². The minimum Gasteiger partial charge on any atom is -0.467 e. The van der Waals surface area contributed by atoms with Gasteiger partial charge in [-0.2, -0.15) is 0 Å². The van der Waals surface area contributed by atoms with Crippen molar-refractivity contribution >= 4 is 28.5 Å². The van der Waals surface area contributed by atoms with Gasteiger partial charge in [0.2, 0.25) is 11.8 Å². The van der Waals surface area contributed by atoms with E-state index >= 15 is 0 Å². The van der Waals surface area contributed by atoms with Gasteiger partial charge in [-0.25, -0.2) is 4.68 Å². The van der Waals surface area contributed by atoms with Gasteiger partial charge in [0.15, 0.2) is 0 Å². The van der Waals surface area contributed by atoms with Crippen LogP contribution in [0.3, 0.4) is 0 Å². The van der Waals surface area contributed by atoms with Gasteiger partial charge in [0.05, 0.1) is 18.3 Å². The van der Waals surface area contributed by atoms with E-state index in [0.717, 1.165) is 16.6 Å². The summed E-state index contributed by atoms with van der Waals surface area (Å²) in [7, 11) is 0. The molecule has 3 aromatic heterocycles. The fourth-order valence-electron chi connectivity index (χ4n) is 4.19. The molecule has 1 atom stereocenters. The second kappa shape index (κ2) is 10.4. The van der Waals surface area contributed by atoms with Crippen LogP contribution in [-0.4, -0.2) is 31.8 Å². The number of carbonyl (C=O) groups is 2. The van der Waals surface area contributed by atoms with Crippen molar-refractivity contribution < 1.29 is 14.0 Å². The van der Waals surface area contributed by atoms with E-state index < -0.39 is 6.04 Å². The molecule has 9 nitrogen and oxygen atoms in total. The molecule has 0 radical (unpaired) electrons. The summed E-state index contributed by atoms with van der Waals surface area (Å²) in [5.74, 6) is -0.0724. The zero-order valence-corrected chi connectivity index (χ0v) is 20.5. The molecule has 2 amide bonds. The highest BCUT2D eigenvalue weighted by Gasteiger charge is 2.33. The summed E-state index contributed by atoms with van der Waals surface area (Å²) >= 11 is 0. The number of para-hydroxylation sites is 1. The van der Waals surface area contributed by atoms with Crippen LogP contribution in [0.1, 0.15) is 28.5 Å². The number of furan rings is 1. The number of hydrogen-bond acceptors (Lipinski definition) is 6. The van der Waals surface area contributed by atoms with E-state index in [-0.39, 0.29) is 24.9 Å². The predicted molar refractivity (Wildman–Crippen MR) is 138 cm³/mol. The number of amides is 2. The largest absolute Gasteiger partial charge is 0.467 e. The number of aryl methyl sites for hydroxylation is 2. The van der Waals surface area contributed by atoms with Crippen LogP contribution >= 0.6 is 0 Å². The van der Waals surface area contributed by atoms with E-state index in [4.69, 9.17) is 4.42 Å². The van der Waals surface area contributed by atoms with E-state index in [0.29, 0.717) is 22.5 Å². The first-order valence-electron chi connectivity index (χ1n) is 11.9. The van der Waals surface area contributed by atoms with E-state index in [9.17, 15) is 9.59 Å². The lowest BCUT2D eigenvalue weighted by atomic mass is 10.0. The Bertz CT molecular complexity index is 1530. The van der Waals surface area contributed by atoms with Gasteiger partial charge in [-0.1, -0.05) is 29.5 Å². The lowest BCUT2D eigenvalue weighted by Gasteiger charge is -2.31. The number of pyridine rings is 1. The average Bonchev–Trinajstić information content (AvgIpc) is 3.58. The van der Waals surface area contributed by atoms with Crippen molar-refractivity contribution in [3.05, 3.63) is 108 Å². The molecule has 186 valence electrons. The molecule has 0 aliphatic heterocycles. The van der Waals surface area contributed by atoms with Gasteiger partial charge in [-0.15, -0.1) is 5.10 Å². The molecule has 0 fully saturated rings. The number of nitrogens with one attached hydrogen (secondary N) is 1. The number of carbonyl (C=O) groups excluding carboxylic acids is 2. The van der Waals surface area contributed by atoms with Crippen LogP contribution in [0.4, 0.5) is 5.69 Å². The number of aromatic nitrogens is 4. The van der Waals surface area contributed by atoms with Crippen LogP contribution in [0.2, 0.25) is 0 Å². The van der Waals surface area contributed by atoms with Crippen LogP contribution in [0.5, 0.6) is 0 Å². The quantitative estimate of drug-likeness (QED) is 0.348. The first-order chi connectivity index (χ1) is 18.0. The summed E-state index contributed by atoms with van der Waals surface area (Å²) in [5, 5.41) is 11.3. The summed E-state index contributed by atoms with van der Waals surface area (Å²) in [6.07, 6.45) is 4.78. The average molecular weight is 495 g/mol. The zero-order chi connectivity index (χ0) is 25.8. The number of benzene rings is 2. The van der Waals surface area contributed by atoms with Gasteiger partial charge in [0.1, 0.15) is 23.9 Å². The first kappa shape index (κ1) is 23.9. The second-order valence-corrected chi connectivity index (χ2v) is 8.75. The number of hydrogen-bond donors (Lipinski definition) is 1. The molecule has 0 aliphatic rings. The third-order valence-corrected chi connectivity index (χ3v) is 6.27. The third kappa shape index (κ3) is 5.11. The van der Waals surface area contributed by atoms with Gasteiger partial charge in [-0.3, -0.25) is 19.5 Å². The molecule has 0 aliphatic carbocycles. The Morgan fingerprint density at radius 2 is 1.89 bits per heavy atom. The van der Waals surface area contributed by atoms with Crippen molar-refractivity contribution in [2.75, 3.05) is 4.90 Å². The van der Waals surface area contributed by atoms with E-state index in [1.807, 2.05) is 56.3 Å². The molecule has 5 aromatic rings.